The lowest BCUT2D eigenvalue weighted by atomic mass is 10.0. The molecule has 0 saturated heterocycles. The number of benzene rings is 1. The summed E-state index contributed by atoms with van der Waals surface area (Å²) in [6, 6.07) is 7.40. The summed E-state index contributed by atoms with van der Waals surface area (Å²) >= 11 is 2.06. The molecule has 0 heterocycles. The number of hydrogen-bond donors (Lipinski definition) is 1. The average Bonchev–Trinajstić information content (AvgIpc) is 2.31. The Morgan fingerprint density at radius 1 is 1.05 bits per heavy atom. The zero-order valence-corrected chi connectivity index (χ0v) is 13.9. The summed E-state index contributed by atoms with van der Waals surface area (Å²) in [5.74, 6) is 3.19. The molecule has 0 radical (unpaired) electrons. The Morgan fingerprint density at radius 2 is 1.68 bits per heavy atom. The van der Waals surface area contributed by atoms with Gasteiger partial charge in [0.15, 0.2) is 0 Å². The molecule has 0 spiro atoms. The first-order valence-corrected chi connectivity index (χ1v) is 8.57. The van der Waals surface area contributed by atoms with Gasteiger partial charge in [-0.15, -0.1) is 0 Å². The zero-order valence-electron chi connectivity index (χ0n) is 13.1. The summed E-state index contributed by atoms with van der Waals surface area (Å²) in [4.78, 5) is 0. The minimum atomic E-state index is 0.488. The summed E-state index contributed by atoms with van der Waals surface area (Å²) in [5.41, 5.74) is 4.18. The average molecular weight is 279 g/mol. The lowest BCUT2D eigenvalue weighted by Gasteiger charge is -2.20. The normalized spacial score (nSPS) is 12.9. The van der Waals surface area contributed by atoms with Gasteiger partial charge >= 0.3 is 0 Å². The minimum Gasteiger partial charge on any atom is -0.309 e. The van der Waals surface area contributed by atoms with Crippen LogP contribution in [0.1, 0.15) is 49.9 Å². The van der Waals surface area contributed by atoms with E-state index < -0.39 is 0 Å². The van der Waals surface area contributed by atoms with Crippen molar-refractivity contribution in [2.45, 2.75) is 47.1 Å². The van der Waals surface area contributed by atoms with Gasteiger partial charge in [0, 0.05) is 11.8 Å². The molecule has 0 aliphatic carbocycles. The molecule has 0 saturated carbocycles. The Labute approximate surface area is 123 Å². The standard InChI is InChI=1S/C17H29NS/c1-6-7-18-17(12-19-11-13(2)3)16-9-14(4)8-15(5)10-16/h8-10,13,17-18H,6-7,11-12H2,1-5H3. The summed E-state index contributed by atoms with van der Waals surface area (Å²) < 4.78 is 0. The van der Waals surface area contributed by atoms with Crippen LogP contribution in [-0.2, 0) is 0 Å². The van der Waals surface area contributed by atoms with E-state index in [0.717, 1.165) is 12.5 Å². The smallest absolute Gasteiger partial charge is 0.0412 e. The molecular formula is C17H29NS. The van der Waals surface area contributed by atoms with Crippen molar-refractivity contribution in [1.29, 1.82) is 0 Å². The molecule has 108 valence electrons. The summed E-state index contributed by atoms with van der Waals surface area (Å²) in [6.07, 6.45) is 1.19. The third kappa shape index (κ3) is 6.49. The first-order valence-electron chi connectivity index (χ1n) is 7.42. The molecule has 19 heavy (non-hydrogen) atoms. The van der Waals surface area contributed by atoms with E-state index in [9.17, 15) is 0 Å². The highest BCUT2D eigenvalue weighted by Crippen LogP contribution is 2.22. The molecule has 1 unspecified atom stereocenters. The summed E-state index contributed by atoms with van der Waals surface area (Å²) in [6.45, 7) is 12.3. The van der Waals surface area contributed by atoms with Crippen molar-refractivity contribution in [2.75, 3.05) is 18.1 Å². The van der Waals surface area contributed by atoms with E-state index >= 15 is 0 Å². The molecule has 1 N–H and O–H groups in total. The highest BCUT2D eigenvalue weighted by Gasteiger charge is 2.12. The van der Waals surface area contributed by atoms with Crippen LogP contribution in [0, 0.1) is 19.8 Å². The molecule has 1 nitrogen and oxygen atoms in total. The van der Waals surface area contributed by atoms with E-state index in [0.29, 0.717) is 6.04 Å². The first kappa shape index (κ1) is 16.6. The van der Waals surface area contributed by atoms with Crippen LogP contribution in [0.3, 0.4) is 0 Å². The van der Waals surface area contributed by atoms with Gasteiger partial charge in [-0.3, -0.25) is 0 Å². The highest BCUT2D eigenvalue weighted by atomic mass is 32.2. The van der Waals surface area contributed by atoms with Gasteiger partial charge in [-0.05, 0) is 44.0 Å². The van der Waals surface area contributed by atoms with E-state index in [1.165, 1.54) is 34.6 Å². The van der Waals surface area contributed by atoms with Crippen LogP contribution < -0.4 is 5.32 Å². The van der Waals surface area contributed by atoms with Crippen molar-refractivity contribution < 1.29 is 0 Å². The fraction of sp³-hybridized carbons (Fsp3) is 0.647. The Kier molecular flexibility index (Phi) is 7.55. The monoisotopic (exact) mass is 279 g/mol. The van der Waals surface area contributed by atoms with Gasteiger partial charge < -0.3 is 5.32 Å². The maximum atomic E-state index is 3.69. The Balaban J connectivity index is 2.71. The van der Waals surface area contributed by atoms with Crippen LogP contribution in [-0.4, -0.2) is 18.1 Å². The Bertz CT molecular complexity index is 353. The van der Waals surface area contributed by atoms with Crippen LogP contribution in [0.15, 0.2) is 18.2 Å². The van der Waals surface area contributed by atoms with E-state index in [1.54, 1.807) is 0 Å². The lowest BCUT2D eigenvalue weighted by molar-refractivity contribution is 0.576. The Morgan fingerprint density at radius 3 is 2.21 bits per heavy atom. The second kappa shape index (κ2) is 8.65. The van der Waals surface area contributed by atoms with Crippen LogP contribution in [0.25, 0.3) is 0 Å². The second-order valence-corrected chi connectivity index (χ2v) is 6.93. The fourth-order valence-electron chi connectivity index (χ4n) is 2.22. The van der Waals surface area contributed by atoms with Crippen LogP contribution in [0.5, 0.6) is 0 Å². The van der Waals surface area contributed by atoms with E-state index in [-0.39, 0.29) is 0 Å². The topological polar surface area (TPSA) is 12.0 Å². The van der Waals surface area contributed by atoms with Crippen molar-refractivity contribution in [3.05, 3.63) is 34.9 Å². The van der Waals surface area contributed by atoms with E-state index in [1.807, 2.05) is 0 Å². The van der Waals surface area contributed by atoms with Gasteiger partial charge in [0.25, 0.3) is 0 Å². The highest BCUT2D eigenvalue weighted by molar-refractivity contribution is 7.99. The third-order valence-corrected chi connectivity index (χ3v) is 4.49. The predicted octanol–water partition coefficient (Wildman–Crippen LogP) is 4.73. The molecule has 2 heteroatoms. The number of aryl methyl sites for hydroxylation is 2. The molecule has 1 aromatic rings. The SMILES string of the molecule is CCCNC(CSCC(C)C)c1cc(C)cc(C)c1. The number of rotatable bonds is 8. The Hall–Kier alpha value is -0.470. The third-order valence-electron chi connectivity index (χ3n) is 3.02. The molecule has 1 atom stereocenters. The maximum absolute atomic E-state index is 3.69. The van der Waals surface area contributed by atoms with E-state index in [4.69, 9.17) is 0 Å². The van der Waals surface area contributed by atoms with Gasteiger partial charge in [0.05, 0.1) is 0 Å². The van der Waals surface area contributed by atoms with Gasteiger partial charge in [-0.25, -0.2) is 0 Å². The lowest BCUT2D eigenvalue weighted by Crippen LogP contribution is -2.24. The molecule has 1 rings (SSSR count). The van der Waals surface area contributed by atoms with Crippen LogP contribution in [0.2, 0.25) is 0 Å². The molecule has 0 fully saturated rings. The summed E-state index contributed by atoms with van der Waals surface area (Å²) in [5, 5.41) is 3.69. The second-order valence-electron chi connectivity index (χ2n) is 5.86. The largest absolute Gasteiger partial charge is 0.309 e. The van der Waals surface area contributed by atoms with Gasteiger partial charge in [0.1, 0.15) is 0 Å². The van der Waals surface area contributed by atoms with Crippen molar-refractivity contribution in [3.63, 3.8) is 0 Å². The van der Waals surface area contributed by atoms with Gasteiger partial charge in [-0.2, -0.15) is 11.8 Å². The zero-order chi connectivity index (χ0) is 14.3. The quantitative estimate of drug-likeness (QED) is 0.738. The van der Waals surface area contributed by atoms with Crippen molar-refractivity contribution in [3.8, 4) is 0 Å². The molecule has 0 bridgehead atoms. The first-order chi connectivity index (χ1) is 9.02. The molecule has 1 aromatic carbocycles. The van der Waals surface area contributed by atoms with Crippen molar-refractivity contribution >= 4 is 11.8 Å². The van der Waals surface area contributed by atoms with Gasteiger partial charge in [0.2, 0.25) is 0 Å². The number of hydrogen-bond acceptors (Lipinski definition) is 2. The predicted molar refractivity (Wildman–Crippen MR) is 89.1 cm³/mol. The van der Waals surface area contributed by atoms with E-state index in [2.05, 4.69) is 69.9 Å². The molecule has 0 aliphatic heterocycles. The summed E-state index contributed by atoms with van der Waals surface area (Å²) in [7, 11) is 0. The maximum Gasteiger partial charge on any atom is 0.0412 e. The molecular weight excluding hydrogens is 250 g/mol. The van der Waals surface area contributed by atoms with Crippen LogP contribution in [0.4, 0.5) is 0 Å². The molecule has 0 aliphatic rings. The number of thioether (sulfide) groups is 1. The molecule has 0 amide bonds. The number of nitrogens with one attached hydrogen (secondary N) is 1. The van der Waals surface area contributed by atoms with Crippen LogP contribution >= 0.6 is 11.8 Å². The van der Waals surface area contributed by atoms with Crippen molar-refractivity contribution in [2.24, 2.45) is 5.92 Å². The minimum absolute atomic E-state index is 0.488. The fourth-order valence-corrected chi connectivity index (χ4v) is 3.38. The van der Waals surface area contributed by atoms with Gasteiger partial charge in [-0.1, -0.05) is 50.1 Å². The molecule has 0 aromatic heterocycles. The van der Waals surface area contributed by atoms with Crippen molar-refractivity contribution in [1.82, 2.24) is 5.32 Å².